The molecule has 0 atom stereocenters. The van der Waals surface area contributed by atoms with Crippen molar-refractivity contribution in [3.8, 4) is 0 Å². The van der Waals surface area contributed by atoms with E-state index in [9.17, 15) is 4.79 Å². The van der Waals surface area contributed by atoms with Crippen molar-refractivity contribution in [2.75, 3.05) is 20.8 Å². The van der Waals surface area contributed by atoms with Crippen molar-refractivity contribution in [1.82, 2.24) is 4.90 Å². The molecule has 1 aliphatic rings. The highest BCUT2D eigenvalue weighted by molar-refractivity contribution is 9.10. The van der Waals surface area contributed by atoms with Crippen molar-refractivity contribution in [3.63, 3.8) is 0 Å². The first-order chi connectivity index (χ1) is 10.0. The van der Waals surface area contributed by atoms with Crippen LogP contribution in [0.1, 0.15) is 5.56 Å². The van der Waals surface area contributed by atoms with Gasteiger partial charge in [-0.25, -0.2) is 0 Å². The number of nitrogens with zero attached hydrogens (tertiary/aromatic N) is 1. The standard InChI is InChI=1S/C14H14BrNO3S2/c1-18-12(19-2)8-16-13(17)11(21-14(16)20)7-9-4-3-5-10(15)6-9/h3-7,12H,8H2,1-2H3. The topological polar surface area (TPSA) is 38.8 Å². The third-order valence-corrected chi connectivity index (χ3v) is 4.75. The number of rotatable bonds is 5. The number of hydrogen-bond acceptors (Lipinski definition) is 5. The fourth-order valence-electron chi connectivity index (χ4n) is 1.80. The fourth-order valence-corrected chi connectivity index (χ4v) is 3.49. The summed E-state index contributed by atoms with van der Waals surface area (Å²) in [6.07, 6.45) is 1.34. The van der Waals surface area contributed by atoms with Crippen LogP contribution in [0.25, 0.3) is 6.08 Å². The van der Waals surface area contributed by atoms with E-state index in [2.05, 4.69) is 15.9 Å². The summed E-state index contributed by atoms with van der Waals surface area (Å²) in [5, 5.41) is 0. The molecule has 2 rings (SSSR count). The van der Waals surface area contributed by atoms with E-state index >= 15 is 0 Å². The van der Waals surface area contributed by atoms with E-state index in [4.69, 9.17) is 21.7 Å². The molecule has 7 heteroatoms. The number of hydrogen-bond donors (Lipinski definition) is 0. The lowest BCUT2D eigenvalue weighted by Crippen LogP contribution is -2.37. The third-order valence-electron chi connectivity index (χ3n) is 2.88. The van der Waals surface area contributed by atoms with Crippen LogP contribution >= 0.6 is 39.9 Å². The summed E-state index contributed by atoms with van der Waals surface area (Å²) in [6, 6.07) is 7.73. The second-order valence-corrected chi connectivity index (χ2v) is 6.84. The largest absolute Gasteiger partial charge is 0.354 e. The number of methoxy groups -OCH3 is 2. The second kappa shape index (κ2) is 7.51. The molecule has 1 heterocycles. The van der Waals surface area contributed by atoms with Crippen molar-refractivity contribution < 1.29 is 14.3 Å². The number of halogens is 1. The summed E-state index contributed by atoms with van der Waals surface area (Å²) >= 11 is 9.96. The zero-order valence-corrected chi connectivity index (χ0v) is 14.8. The van der Waals surface area contributed by atoms with E-state index in [0.29, 0.717) is 9.23 Å². The Kier molecular flexibility index (Phi) is 5.95. The normalized spacial score (nSPS) is 17.3. The molecule has 0 N–H and O–H groups in total. The molecule has 1 saturated heterocycles. The number of benzene rings is 1. The smallest absolute Gasteiger partial charge is 0.266 e. The Morgan fingerprint density at radius 2 is 2.14 bits per heavy atom. The Morgan fingerprint density at radius 3 is 2.76 bits per heavy atom. The van der Waals surface area contributed by atoms with E-state index in [-0.39, 0.29) is 12.5 Å². The molecule has 1 aliphatic heterocycles. The van der Waals surface area contributed by atoms with E-state index < -0.39 is 6.29 Å². The average molecular weight is 388 g/mol. The molecule has 21 heavy (non-hydrogen) atoms. The lowest BCUT2D eigenvalue weighted by molar-refractivity contribution is -0.133. The molecular formula is C14H14BrNO3S2. The van der Waals surface area contributed by atoms with Gasteiger partial charge in [-0.3, -0.25) is 9.69 Å². The molecule has 0 aliphatic carbocycles. The maximum Gasteiger partial charge on any atom is 0.266 e. The summed E-state index contributed by atoms with van der Waals surface area (Å²) in [7, 11) is 3.06. The highest BCUT2D eigenvalue weighted by Gasteiger charge is 2.33. The fraction of sp³-hybridized carbons (Fsp3) is 0.286. The highest BCUT2D eigenvalue weighted by atomic mass is 79.9. The van der Waals surface area contributed by atoms with Gasteiger partial charge in [-0.1, -0.05) is 52.0 Å². The molecule has 0 radical (unpaired) electrons. The summed E-state index contributed by atoms with van der Waals surface area (Å²) in [6.45, 7) is 0.285. The van der Waals surface area contributed by atoms with Gasteiger partial charge in [0.25, 0.3) is 5.91 Å². The number of carbonyl (C=O) groups is 1. The molecule has 0 saturated carbocycles. The SMILES string of the molecule is COC(CN1C(=O)C(=Cc2cccc(Br)c2)SC1=S)OC. The first kappa shape index (κ1) is 16.6. The molecule has 0 aromatic heterocycles. The quantitative estimate of drug-likeness (QED) is 0.440. The van der Waals surface area contributed by atoms with Gasteiger partial charge in [0.1, 0.15) is 4.32 Å². The number of amides is 1. The van der Waals surface area contributed by atoms with Crippen LogP contribution in [-0.4, -0.2) is 42.2 Å². The Balaban J connectivity index is 2.17. The number of ether oxygens (including phenoxy) is 2. The van der Waals surface area contributed by atoms with Crippen molar-refractivity contribution in [1.29, 1.82) is 0 Å². The first-order valence-corrected chi connectivity index (χ1v) is 8.13. The zero-order valence-electron chi connectivity index (χ0n) is 11.5. The molecule has 112 valence electrons. The van der Waals surface area contributed by atoms with Gasteiger partial charge in [-0.15, -0.1) is 0 Å². The van der Waals surface area contributed by atoms with Crippen LogP contribution in [-0.2, 0) is 14.3 Å². The van der Waals surface area contributed by atoms with Crippen molar-refractivity contribution in [2.45, 2.75) is 6.29 Å². The first-order valence-electron chi connectivity index (χ1n) is 6.11. The monoisotopic (exact) mass is 387 g/mol. The van der Waals surface area contributed by atoms with Crippen molar-refractivity contribution in [3.05, 3.63) is 39.2 Å². The minimum atomic E-state index is -0.488. The van der Waals surface area contributed by atoms with Gasteiger partial charge >= 0.3 is 0 Å². The molecular weight excluding hydrogens is 374 g/mol. The van der Waals surface area contributed by atoms with Gasteiger partial charge in [0.2, 0.25) is 0 Å². The predicted octanol–water partition coefficient (Wildman–Crippen LogP) is 3.27. The maximum absolute atomic E-state index is 12.4. The van der Waals surface area contributed by atoms with Gasteiger partial charge in [-0.05, 0) is 23.8 Å². The summed E-state index contributed by atoms with van der Waals surface area (Å²) in [5.41, 5.74) is 0.944. The van der Waals surface area contributed by atoms with Gasteiger partial charge in [0, 0.05) is 18.7 Å². The Labute approximate surface area is 141 Å². The molecule has 1 aromatic rings. The Hall–Kier alpha value is -0.730. The molecule has 0 bridgehead atoms. The van der Waals surface area contributed by atoms with Gasteiger partial charge in [0.15, 0.2) is 6.29 Å². The van der Waals surface area contributed by atoms with Gasteiger partial charge in [0.05, 0.1) is 11.4 Å². The molecule has 0 unspecified atom stereocenters. The minimum absolute atomic E-state index is 0.121. The van der Waals surface area contributed by atoms with Crippen LogP contribution in [0.5, 0.6) is 0 Å². The van der Waals surface area contributed by atoms with Crippen molar-refractivity contribution >= 4 is 56.2 Å². The molecule has 1 amide bonds. The second-order valence-electron chi connectivity index (χ2n) is 4.25. The predicted molar refractivity (Wildman–Crippen MR) is 91.8 cm³/mol. The lowest BCUT2D eigenvalue weighted by atomic mass is 10.2. The maximum atomic E-state index is 12.4. The Morgan fingerprint density at radius 1 is 1.43 bits per heavy atom. The minimum Gasteiger partial charge on any atom is -0.354 e. The van der Waals surface area contributed by atoms with Gasteiger partial charge < -0.3 is 9.47 Å². The molecule has 0 spiro atoms. The number of thiocarbonyl (C=S) groups is 1. The van der Waals surface area contributed by atoms with Crippen LogP contribution in [0.4, 0.5) is 0 Å². The van der Waals surface area contributed by atoms with Crippen LogP contribution in [0.3, 0.4) is 0 Å². The third kappa shape index (κ3) is 4.14. The average Bonchev–Trinajstić information content (AvgIpc) is 2.71. The summed E-state index contributed by atoms with van der Waals surface area (Å²) in [5.74, 6) is -0.121. The number of carbonyl (C=O) groups excluding carboxylic acids is 1. The Bertz CT molecular complexity index is 587. The zero-order chi connectivity index (χ0) is 15.4. The van der Waals surface area contributed by atoms with Crippen molar-refractivity contribution in [2.24, 2.45) is 0 Å². The van der Waals surface area contributed by atoms with E-state index in [1.807, 2.05) is 30.3 Å². The van der Waals surface area contributed by atoms with Crippen LogP contribution < -0.4 is 0 Å². The van der Waals surface area contributed by atoms with E-state index in [1.54, 1.807) is 0 Å². The lowest BCUT2D eigenvalue weighted by Gasteiger charge is -2.20. The van der Waals surface area contributed by atoms with Crippen LogP contribution in [0, 0.1) is 0 Å². The van der Waals surface area contributed by atoms with E-state index in [0.717, 1.165) is 10.0 Å². The highest BCUT2D eigenvalue weighted by Crippen LogP contribution is 2.33. The van der Waals surface area contributed by atoms with E-state index in [1.165, 1.54) is 30.9 Å². The summed E-state index contributed by atoms with van der Waals surface area (Å²) < 4.78 is 11.7. The molecule has 4 nitrogen and oxygen atoms in total. The molecule has 1 aromatic carbocycles. The molecule has 1 fully saturated rings. The summed E-state index contributed by atoms with van der Waals surface area (Å²) in [4.78, 5) is 14.5. The van der Waals surface area contributed by atoms with Crippen LogP contribution in [0.15, 0.2) is 33.6 Å². The number of thioether (sulfide) groups is 1. The van der Waals surface area contributed by atoms with Gasteiger partial charge in [-0.2, -0.15) is 0 Å². The van der Waals surface area contributed by atoms with Crippen LogP contribution in [0.2, 0.25) is 0 Å².